The average Bonchev–Trinajstić information content (AvgIpc) is 3.15. The fraction of sp³-hybridized carbons (Fsp3) is 0.435. The molecule has 5 heteroatoms. The summed E-state index contributed by atoms with van der Waals surface area (Å²) in [6.45, 7) is 4.81. The molecule has 0 bridgehead atoms. The first-order valence-corrected chi connectivity index (χ1v) is 10.0. The van der Waals surface area contributed by atoms with Gasteiger partial charge in [0.05, 0.1) is 6.61 Å². The number of carbonyl (C=O) groups is 1. The van der Waals surface area contributed by atoms with E-state index < -0.39 is 5.91 Å². The van der Waals surface area contributed by atoms with E-state index in [2.05, 4.69) is 42.6 Å². The molecule has 3 N–H and O–H groups in total. The maximum Gasteiger partial charge on any atom is 0.255 e. The highest BCUT2D eigenvalue weighted by molar-refractivity contribution is 5.75. The molecular weight excluding hydrogens is 352 g/mol. The number of benzene rings is 2. The molecule has 150 valence electrons. The molecule has 3 rings (SSSR count). The van der Waals surface area contributed by atoms with Crippen LogP contribution in [0.2, 0.25) is 0 Å². The molecule has 1 aliphatic rings. The number of nitrogens with one attached hydrogen (secondary N) is 1. The van der Waals surface area contributed by atoms with Crippen LogP contribution in [0.25, 0.3) is 0 Å². The number of primary amides is 1. The summed E-state index contributed by atoms with van der Waals surface area (Å²) in [7, 11) is 0. The SMILES string of the molecule is CCOc1cccc([C@@H](C)NC2CC[C@@H](c3ccc(OCC(N)=O)cc3)C2)c1. The Morgan fingerprint density at radius 1 is 1.14 bits per heavy atom. The number of rotatable bonds is 9. The van der Waals surface area contributed by atoms with Crippen molar-refractivity contribution in [2.45, 2.75) is 51.1 Å². The van der Waals surface area contributed by atoms with E-state index >= 15 is 0 Å². The highest BCUT2D eigenvalue weighted by atomic mass is 16.5. The first-order valence-electron chi connectivity index (χ1n) is 10.0. The van der Waals surface area contributed by atoms with Gasteiger partial charge in [-0.1, -0.05) is 24.3 Å². The van der Waals surface area contributed by atoms with Crippen LogP contribution in [0.15, 0.2) is 48.5 Å². The maximum atomic E-state index is 10.8. The van der Waals surface area contributed by atoms with Crippen molar-refractivity contribution >= 4 is 5.91 Å². The second kappa shape index (κ2) is 9.60. The molecule has 3 atom stereocenters. The lowest BCUT2D eigenvalue weighted by atomic mass is 9.97. The van der Waals surface area contributed by atoms with Crippen LogP contribution in [-0.4, -0.2) is 25.2 Å². The van der Waals surface area contributed by atoms with Crippen molar-refractivity contribution in [2.24, 2.45) is 5.73 Å². The van der Waals surface area contributed by atoms with Crippen molar-refractivity contribution in [1.29, 1.82) is 0 Å². The summed E-state index contributed by atoms with van der Waals surface area (Å²) in [4.78, 5) is 10.8. The monoisotopic (exact) mass is 382 g/mol. The lowest BCUT2D eigenvalue weighted by molar-refractivity contribution is -0.119. The van der Waals surface area contributed by atoms with Gasteiger partial charge in [0.15, 0.2) is 6.61 Å². The highest BCUT2D eigenvalue weighted by Gasteiger charge is 2.27. The molecule has 1 aliphatic carbocycles. The molecule has 1 saturated carbocycles. The number of carbonyl (C=O) groups excluding carboxylic acids is 1. The molecule has 28 heavy (non-hydrogen) atoms. The minimum absolute atomic E-state index is 0.0862. The molecule has 5 nitrogen and oxygen atoms in total. The Hall–Kier alpha value is -2.53. The van der Waals surface area contributed by atoms with Gasteiger partial charge in [0.2, 0.25) is 0 Å². The first kappa shape index (κ1) is 20.2. The third-order valence-electron chi connectivity index (χ3n) is 5.32. The van der Waals surface area contributed by atoms with Crippen molar-refractivity contribution in [2.75, 3.05) is 13.2 Å². The summed E-state index contributed by atoms with van der Waals surface area (Å²) < 4.78 is 11.0. The molecule has 0 spiro atoms. The molecule has 1 fully saturated rings. The summed E-state index contributed by atoms with van der Waals surface area (Å²) >= 11 is 0. The van der Waals surface area contributed by atoms with Gasteiger partial charge >= 0.3 is 0 Å². The van der Waals surface area contributed by atoms with Gasteiger partial charge in [0, 0.05) is 12.1 Å². The lowest BCUT2D eigenvalue weighted by Crippen LogP contribution is -2.29. The Morgan fingerprint density at radius 2 is 1.93 bits per heavy atom. The number of hydrogen-bond donors (Lipinski definition) is 2. The van der Waals surface area contributed by atoms with E-state index in [9.17, 15) is 4.79 Å². The quantitative estimate of drug-likeness (QED) is 0.689. The zero-order valence-electron chi connectivity index (χ0n) is 16.7. The standard InChI is InChI=1S/C23H30N2O3/c1-3-27-22-6-4-5-18(14-22)16(2)25-20-10-7-19(13-20)17-8-11-21(12-9-17)28-15-23(24)26/h4-6,8-9,11-12,14,16,19-20,25H,3,7,10,13,15H2,1-2H3,(H2,24,26)/t16-,19-,20?/m1/s1. The predicted octanol–water partition coefficient (Wildman–Crippen LogP) is 3.94. The van der Waals surface area contributed by atoms with Gasteiger partial charge < -0.3 is 20.5 Å². The van der Waals surface area contributed by atoms with Crippen molar-refractivity contribution in [1.82, 2.24) is 5.32 Å². The van der Waals surface area contributed by atoms with E-state index in [-0.39, 0.29) is 12.6 Å². The highest BCUT2D eigenvalue weighted by Crippen LogP contribution is 2.36. The Morgan fingerprint density at radius 3 is 2.64 bits per heavy atom. The Balaban J connectivity index is 1.53. The molecule has 2 aromatic carbocycles. The zero-order valence-corrected chi connectivity index (χ0v) is 16.7. The summed E-state index contributed by atoms with van der Waals surface area (Å²) in [5, 5.41) is 3.78. The Labute approximate surface area is 167 Å². The Bertz CT molecular complexity index is 776. The van der Waals surface area contributed by atoms with E-state index in [1.165, 1.54) is 24.0 Å². The van der Waals surface area contributed by atoms with Gasteiger partial charge in [0.1, 0.15) is 11.5 Å². The van der Waals surface area contributed by atoms with Crippen LogP contribution in [0, 0.1) is 0 Å². The molecule has 0 saturated heterocycles. The molecule has 1 unspecified atom stereocenters. The molecular formula is C23H30N2O3. The van der Waals surface area contributed by atoms with Gasteiger partial charge in [-0.25, -0.2) is 0 Å². The van der Waals surface area contributed by atoms with Crippen LogP contribution in [0.5, 0.6) is 11.5 Å². The van der Waals surface area contributed by atoms with Gasteiger partial charge in [-0.15, -0.1) is 0 Å². The van der Waals surface area contributed by atoms with E-state index in [0.29, 0.717) is 24.3 Å². The van der Waals surface area contributed by atoms with Crippen LogP contribution in [0.1, 0.15) is 56.2 Å². The van der Waals surface area contributed by atoms with Crippen LogP contribution in [0.3, 0.4) is 0 Å². The number of hydrogen-bond acceptors (Lipinski definition) is 4. The molecule has 0 aliphatic heterocycles. The first-order chi connectivity index (χ1) is 13.5. The lowest BCUT2D eigenvalue weighted by Gasteiger charge is -2.21. The molecule has 1 amide bonds. The van der Waals surface area contributed by atoms with Gasteiger partial charge in [-0.2, -0.15) is 0 Å². The van der Waals surface area contributed by atoms with Gasteiger partial charge in [-0.05, 0) is 74.4 Å². The molecule has 2 aromatic rings. The normalized spacial score (nSPS) is 19.9. The van der Waals surface area contributed by atoms with E-state index in [0.717, 1.165) is 12.2 Å². The van der Waals surface area contributed by atoms with E-state index in [1.807, 2.05) is 25.1 Å². The Kier molecular flexibility index (Phi) is 6.93. The van der Waals surface area contributed by atoms with E-state index in [1.54, 1.807) is 0 Å². The van der Waals surface area contributed by atoms with Crippen molar-refractivity contribution in [3.05, 3.63) is 59.7 Å². The van der Waals surface area contributed by atoms with E-state index in [4.69, 9.17) is 15.2 Å². The summed E-state index contributed by atoms with van der Waals surface area (Å²) in [5.41, 5.74) is 7.69. The topological polar surface area (TPSA) is 73.6 Å². The van der Waals surface area contributed by atoms with Crippen molar-refractivity contribution in [3.63, 3.8) is 0 Å². The number of amides is 1. The summed E-state index contributed by atoms with van der Waals surface area (Å²) in [5.74, 6) is 1.69. The van der Waals surface area contributed by atoms with Gasteiger partial charge in [0.25, 0.3) is 5.91 Å². The minimum atomic E-state index is -0.463. The summed E-state index contributed by atoms with van der Waals surface area (Å²) in [6, 6.07) is 17.1. The minimum Gasteiger partial charge on any atom is -0.494 e. The smallest absolute Gasteiger partial charge is 0.255 e. The molecule has 0 heterocycles. The fourth-order valence-corrected chi connectivity index (χ4v) is 3.92. The number of ether oxygens (including phenoxy) is 2. The average molecular weight is 383 g/mol. The summed E-state index contributed by atoms with van der Waals surface area (Å²) in [6.07, 6.45) is 3.46. The third-order valence-corrected chi connectivity index (χ3v) is 5.32. The predicted molar refractivity (Wildman–Crippen MR) is 111 cm³/mol. The van der Waals surface area contributed by atoms with Gasteiger partial charge in [-0.3, -0.25) is 4.79 Å². The van der Waals surface area contributed by atoms with Crippen molar-refractivity contribution < 1.29 is 14.3 Å². The zero-order chi connectivity index (χ0) is 19.9. The fourth-order valence-electron chi connectivity index (χ4n) is 3.92. The number of nitrogens with two attached hydrogens (primary N) is 1. The second-order valence-corrected chi connectivity index (χ2v) is 7.42. The maximum absolute atomic E-state index is 10.8. The van der Waals surface area contributed by atoms with Crippen LogP contribution in [-0.2, 0) is 4.79 Å². The third kappa shape index (κ3) is 5.49. The van der Waals surface area contributed by atoms with Crippen molar-refractivity contribution in [3.8, 4) is 11.5 Å². The molecule has 0 radical (unpaired) electrons. The van der Waals surface area contributed by atoms with Crippen LogP contribution < -0.4 is 20.5 Å². The van der Waals surface area contributed by atoms with Crippen LogP contribution in [0.4, 0.5) is 0 Å². The second-order valence-electron chi connectivity index (χ2n) is 7.42. The largest absolute Gasteiger partial charge is 0.494 e. The van der Waals surface area contributed by atoms with Crippen LogP contribution >= 0.6 is 0 Å². The molecule has 0 aromatic heterocycles.